The van der Waals surface area contributed by atoms with Crippen molar-refractivity contribution in [3.05, 3.63) is 46.2 Å². The van der Waals surface area contributed by atoms with Crippen LogP contribution in [0.1, 0.15) is 24.1 Å². The van der Waals surface area contributed by atoms with Gasteiger partial charge in [0.25, 0.3) is 0 Å². The van der Waals surface area contributed by atoms with Gasteiger partial charge in [0, 0.05) is 25.0 Å². The highest BCUT2D eigenvalue weighted by molar-refractivity contribution is 7.07. The zero-order valence-electron chi connectivity index (χ0n) is 11.5. The van der Waals surface area contributed by atoms with Crippen LogP contribution in [0.15, 0.2) is 29.1 Å². The topological polar surface area (TPSA) is 28.2 Å². The van der Waals surface area contributed by atoms with Crippen LogP contribution in [-0.4, -0.2) is 18.1 Å². The SMILES string of the molecule is CN(Cc1cscn1)c1ccc(CNC2CC2)cc1F. The summed E-state index contributed by atoms with van der Waals surface area (Å²) in [5.74, 6) is -0.169. The Morgan fingerprint density at radius 2 is 2.30 bits per heavy atom. The fourth-order valence-corrected chi connectivity index (χ4v) is 2.71. The molecule has 1 N–H and O–H groups in total. The lowest BCUT2D eigenvalue weighted by molar-refractivity contribution is 0.614. The number of halogens is 1. The lowest BCUT2D eigenvalue weighted by Gasteiger charge is -2.19. The normalized spacial score (nSPS) is 14.5. The Labute approximate surface area is 122 Å². The van der Waals surface area contributed by atoms with Gasteiger partial charge in [-0.2, -0.15) is 0 Å². The third-order valence-electron chi connectivity index (χ3n) is 3.48. The molecule has 0 radical (unpaired) electrons. The summed E-state index contributed by atoms with van der Waals surface area (Å²) in [6.07, 6.45) is 2.49. The van der Waals surface area contributed by atoms with Gasteiger partial charge >= 0.3 is 0 Å². The van der Waals surface area contributed by atoms with E-state index in [-0.39, 0.29) is 5.82 Å². The second kappa shape index (κ2) is 5.89. The van der Waals surface area contributed by atoms with Crippen LogP contribution in [0.3, 0.4) is 0 Å². The number of anilines is 1. The molecule has 3 nitrogen and oxygen atoms in total. The van der Waals surface area contributed by atoms with Crippen molar-refractivity contribution in [1.29, 1.82) is 0 Å². The highest BCUT2D eigenvalue weighted by Crippen LogP contribution is 2.23. The van der Waals surface area contributed by atoms with Crippen LogP contribution in [0.5, 0.6) is 0 Å². The largest absolute Gasteiger partial charge is 0.366 e. The number of hydrogen-bond acceptors (Lipinski definition) is 4. The molecule has 20 heavy (non-hydrogen) atoms. The smallest absolute Gasteiger partial charge is 0.146 e. The monoisotopic (exact) mass is 291 g/mol. The number of rotatable bonds is 6. The van der Waals surface area contributed by atoms with Gasteiger partial charge in [-0.05, 0) is 30.5 Å². The van der Waals surface area contributed by atoms with Crippen LogP contribution in [-0.2, 0) is 13.1 Å². The number of benzene rings is 1. The maximum atomic E-state index is 14.2. The summed E-state index contributed by atoms with van der Waals surface area (Å²) < 4.78 is 14.2. The molecule has 1 saturated carbocycles. The van der Waals surface area contributed by atoms with E-state index in [4.69, 9.17) is 0 Å². The van der Waals surface area contributed by atoms with Crippen LogP contribution in [0.2, 0.25) is 0 Å². The summed E-state index contributed by atoms with van der Waals surface area (Å²) in [4.78, 5) is 6.12. The first-order valence-electron chi connectivity index (χ1n) is 6.82. The van der Waals surface area contributed by atoms with Crippen molar-refractivity contribution >= 4 is 17.0 Å². The zero-order valence-corrected chi connectivity index (χ0v) is 12.3. The predicted molar refractivity (Wildman–Crippen MR) is 80.5 cm³/mol. The first kappa shape index (κ1) is 13.5. The molecule has 1 aliphatic rings. The fraction of sp³-hybridized carbons (Fsp3) is 0.400. The van der Waals surface area contributed by atoms with Crippen molar-refractivity contribution < 1.29 is 4.39 Å². The van der Waals surface area contributed by atoms with Crippen molar-refractivity contribution in [1.82, 2.24) is 10.3 Å². The minimum atomic E-state index is -0.169. The number of nitrogens with one attached hydrogen (secondary N) is 1. The summed E-state index contributed by atoms with van der Waals surface area (Å²) >= 11 is 1.56. The Balaban J connectivity index is 1.66. The molecular weight excluding hydrogens is 273 g/mol. The Morgan fingerprint density at radius 3 is 2.95 bits per heavy atom. The number of aromatic nitrogens is 1. The fourth-order valence-electron chi connectivity index (χ4n) is 2.16. The standard InChI is InChI=1S/C15H18FN3S/c1-19(8-13-9-20-10-18-13)15-5-2-11(6-14(15)16)7-17-12-3-4-12/h2,5-6,9-10,12,17H,3-4,7-8H2,1H3. The van der Waals surface area contributed by atoms with Gasteiger partial charge in [0.2, 0.25) is 0 Å². The molecule has 2 aromatic rings. The quantitative estimate of drug-likeness (QED) is 0.886. The van der Waals surface area contributed by atoms with E-state index in [0.717, 1.165) is 17.8 Å². The first-order chi connectivity index (χ1) is 9.72. The molecule has 0 atom stereocenters. The summed E-state index contributed by atoms with van der Waals surface area (Å²) in [7, 11) is 1.89. The highest BCUT2D eigenvalue weighted by atomic mass is 32.1. The average Bonchev–Trinajstić information content (AvgIpc) is 3.13. The minimum Gasteiger partial charge on any atom is -0.366 e. The van der Waals surface area contributed by atoms with Crippen molar-refractivity contribution in [2.24, 2.45) is 0 Å². The summed E-state index contributed by atoms with van der Waals surface area (Å²) in [6, 6.07) is 6.12. The summed E-state index contributed by atoms with van der Waals surface area (Å²) in [6.45, 7) is 1.37. The van der Waals surface area contributed by atoms with Gasteiger partial charge in [0.1, 0.15) is 5.82 Å². The molecule has 106 valence electrons. The van der Waals surface area contributed by atoms with Crippen LogP contribution in [0, 0.1) is 5.82 Å². The van der Waals surface area contributed by atoms with Crippen LogP contribution in [0.25, 0.3) is 0 Å². The van der Waals surface area contributed by atoms with Gasteiger partial charge in [-0.15, -0.1) is 11.3 Å². The number of nitrogens with zero attached hydrogens (tertiary/aromatic N) is 2. The summed E-state index contributed by atoms with van der Waals surface area (Å²) in [5, 5.41) is 5.38. The van der Waals surface area contributed by atoms with Gasteiger partial charge in [0.15, 0.2) is 0 Å². The third kappa shape index (κ3) is 3.35. The minimum absolute atomic E-state index is 0.169. The van der Waals surface area contributed by atoms with Crippen LogP contribution in [0.4, 0.5) is 10.1 Å². The van der Waals surface area contributed by atoms with E-state index < -0.39 is 0 Å². The van der Waals surface area contributed by atoms with Crippen LogP contribution < -0.4 is 10.2 Å². The van der Waals surface area contributed by atoms with Gasteiger partial charge in [0.05, 0.1) is 23.4 Å². The molecule has 5 heteroatoms. The number of hydrogen-bond donors (Lipinski definition) is 1. The molecular formula is C15H18FN3S. The maximum Gasteiger partial charge on any atom is 0.146 e. The van der Waals surface area contributed by atoms with Gasteiger partial charge in [-0.25, -0.2) is 9.37 Å². The second-order valence-corrected chi connectivity index (χ2v) is 6.00. The molecule has 0 amide bonds. The molecule has 0 saturated heterocycles. The molecule has 1 fully saturated rings. The van der Waals surface area contributed by atoms with Crippen molar-refractivity contribution in [2.75, 3.05) is 11.9 Å². The molecule has 1 aromatic carbocycles. The molecule has 1 aromatic heterocycles. The van der Waals surface area contributed by atoms with Gasteiger partial charge in [-0.1, -0.05) is 6.07 Å². The molecule has 0 spiro atoms. The maximum absolute atomic E-state index is 14.2. The lowest BCUT2D eigenvalue weighted by atomic mass is 10.2. The molecule has 0 aliphatic heterocycles. The van der Waals surface area contributed by atoms with Gasteiger partial charge < -0.3 is 10.2 Å². The Kier molecular flexibility index (Phi) is 3.98. The van der Waals surface area contributed by atoms with E-state index in [0.29, 0.717) is 18.3 Å². The Bertz CT molecular complexity index is 567. The van der Waals surface area contributed by atoms with E-state index in [1.54, 1.807) is 22.9 Å². The average molecular weight is 291 g/mol. The van der Waals surface area contributed by atoms with Crippen molar-refractivity contribution in [3.8, 4) is 0 Å². The first-order valence-corrected chi connectivity index (χ1v) is 7.76. The van der Waals surface area contributed by atoms with E-state index in [1.807, 2.05) is 29.5 Å². The molecule has 1 aliphatic carbocycles. The second-order valence-electron chi connectivity index (χ2n) is 5.28. The zero-order chi connectivity index (χ0) is 13.9. The van der Waals surface area contributed by atoms with Crippen LogP contribution >= 0.6 is 11.3 Å². The molecule has 0 unspecified atom stereocenters. The van der Waals surface area contributed by atoms with E-state index in [2.05, 4.69) is 10.3 Å². The van der Waals surface area contributed by atoms with E-state index >= 15 is 0 Å². The van der Waals surface area contributed by atoms with Crippen molar-refractivity contribution in [2.45, 2.75) is 32.0 Å². The molecule has 0 bridgehead atoms. The molecule has 1 heterocycles. The van der Waals surface area contributed by atoms with E-state index in [9.17, 15) is 4.39 Å². The predicted octanol–water partition coefficient (Wildman–Crippen LogP) is 3.17. The Hall–Kier alpha value is -1.46. The van der Waals surface area contributed by atoms with Gasteiger partial charge in [-0.3, -0.25) is 0 Å². The number of thiazole rings is 1. The lowest BCUT2D eigenvalue weighted by Crippen LogP contribution is -2.19. The van der Waals surface area contributed by atoms with Crippen molar-refractivity contribution in [3.63, 3.8) is 0 Å². The van der Waals surface area contributed by atoms with E-state index in [1.165, 1.54) is 12.8 Å². The molecule has 3 rings (SSSR count). The highest BCUT2D eigenvalue weighted by Gasteiger charge is 2.20. The summed E-state index contributed by atoms with van der Waals surface area (Å²) in [5.41, 5.74) is 4.39. The Morgan fingerprint density at radius 1 is 1.45 bits per heavy atom. The third-order valence-corrected chi connectivity index (χ3v) is 4.11.